The number of hydrogen-bond donors (Lipinski definition) is 1. The fourth-order valence-electron chi connectivity index (χ4n) is 5.50. The minimum absolute atomic E-state index is 0.251. The second-order valence-electron chi connectivity index (χ2n) is 11.9. The van der Waals surface area contributed by atoms with Gasteiger partial charge in [0.25, 0.3) is 5.91 Å². The zero-order valence-corrected chi connectivity index (χ0v) is 24.4. The highest BCUT2D eigenvalue weighted by atomic mass is 16.5. The van der Waals surface area contributed by atoms with Crippen LogP contribution in [0.1, 0.15) is 85.1 Å². The zero-order valence-electron chi connectivity index (χ0n) is 24.4. The van der Waals surface area contributed by atoms with Gasteiger partial charge >= 0.3 is 5.97 Å². The van der Waals surface area contributed by atoms with Gasteiger partial charge < -0.3 is 14.7 Å². The first-order chi connectivity index (χ1) is 19.1. The molecule has 4 rings (SSSR count). The van der Waals surface area contributed by atoms with Crippen LogP contribution in [0.5, 0.6) is 5.75 Å². The van der Waals surface area contributed by atoms with Crippen molar-refractivity contribution in [1.29, 1.82) is 0 Å². The first-order valence-corrected chi connectivity index (χ1v) is 14.6. The van der Waals surface area contributed by atoms with Crippen LogP contribution in [0.15, 0.2) is 66.7 Å². The Hall–Kier alpha value is -3.60. The summed E-state index contributed by atoms with van der Waals surface area (Å²) >= 11 is 0. The van der Waals surface area contributed by atoms with Crippen molar-refractivity contribution >= 4 is 11.9 Å². The lowest BCUT2D eigenvalue weighted by atomic mass is 9.86. The number of unbranched alkanes of at least 4 members (excludes halogenated alkanes) is 1. The summed E-state index contributed by atoms with van der Waals surface area (Å²) in [7, 11) is 0. The molecule has 1 heterocycles. The number of aryl methyl sites for hydroxylation is 2. The number of carbonyl (C=O) groups excluding carboxylic acids is 1. The van der Waals surface area contributed by atoms with Gasteiger partial charge in [-0.3, -0.25) is 9.59 Å². The summed E-state index contributed by atoms with van der Waals surface area (Å²) in [5.41, 5.74) is 5.95. The molecule has 5 nitrogen and oxygen atoms in total. The highest BCUT2D eigenvalue weighted by Crippen LogP contribution is 2.36. The predicted octanol–water partition coefficient (Wildman–Crippen LogP) is 7.28. The van der Waals surface area contributed by atoms with Crippen molar-refractivity contribution in [3.63, 3.8) is 0 Å². The van der Waals surface area contributed by atoms with E-state index in [1.54, 1.807) is 6.07 Å². The van der Waals surface area contributed by atoms with Gasteiger partial charge in [-0.25, -0.2) is 0 Å². The number of ether oxygens (including phenoxy) is 1. The van der Waals surface area contributed by atoms with E-state index < -0.39 is 5.97 Å². The maximum atomic E-state index is 13.5. The van der Waals surface area contributed by atoms with E-state index in [2.05, 4.69) is 64.1 Å². The number of aliphatic carboxylic acids is 1. The van der Waals surface area contributed by atoms with Crippen LogP contribution in [0, 0.1) is 5.92 Å². The molecular weight excluding hydrogens is 498 g/mol. The largest absolute Gasteiger partial charge is 0.487 e. The maximum Gasteiger partial charge on any atom is 0.323 e. The molecule has 212 valence electrons. The van der Waals surface area contributed by atoms with Crippen LogP contribution in [0.4, 0.5) is 0 Å². The highest BCUT2D eigenvalue weighted by Gasteiger charge is 2.32. The van der Waals surface area contributed by atoms with Crippen LogP contribution in [-0.4, -0.2) is 34.0 Å². The van der Waals surface area contributed by atoms with Crippen molar-refractivity contribution in [2.75, 3.05) is 6.54 Å². The Morgan fingerprint density at radius 2 is 1.60 bits per heavy atom. The molecule has 3 aromatic carbocycles. The number of benzene rings is 3. The van der Waals surface area contributed by atoms with Crippen LogP contribution in [-0.2, 0) is 37.0 Å². The van der Waals surface area contributed by atoms with Crippen molar-refractivity contribution < 1.29 is 19.4 Å². The summed E-state index contributed by atoms with van der Waals surface area (Å²) in [5, 5.41) is 9.51. The standard InChI is InChI=1S/C35H43NO4/c1-5-6-7-26-8-14-29(15-9-26)23-36(24-33(37)38)34(39)31-16-17-32-30(21-31)18-19-35(4,40-32)22-28-12-10-27(11-13-28)20-25(2)3/h8-17,21,25H,5-7,18-20,22-24H2,1-4H3,(H,37,38). The van der Waals surface area contributed by atoms with E-state index in [-0.39, 0.29) is 24.6 Å². The van der Waals surface area contributed by atoms with Gasteiger partial charge in [0.05, 0.1) is 0 Å². The molecule has 3 aromatic rings. The summed E-state index contributed by atoms with van der Waals surface area (Å²) in [6.07, 6.45) is 6.84. The second-order valence-corrected chi connectivity index (χ2v) is 11.9. The molecular formula is C35H43NO4. The van der Waals surface area contributed by atoms with Crippen LogP contribution < -0.4 is 4.74 Å². The Balaban J connectivity index is 1.44. The van der Waals surface area contributed by atoms with E-state index in [0.717, 1.165) is 61.8 Å². The van der Waals surface area contributed by atoms with Crippen LogP contribution >= 0.6 is 0 Å². The van der Waals surface area contributed by atoms with Gasteiger partial charge in [0, 0.05) is 18.5 Å². The van der Waals surface area contributed by atoms with Crippen molar-refractivity contribution in [2.45, 2.75) is 84.8 Å². The van der Waals surface area contributed by atoms with Gasteiger partial charge in [0.15, 0.2) is 0 Å². The second kappa shape index (κ2) is 13.2. The van der Waals surface area contributed by atoms with Crippen molar-refractivity contribution in [2.24, 2.45) is 5.92 Å². The zero-order chi connectivity index (χ0) is 28.7. The summed E-state index contributed by atoms with van der Waals surface area (Å²) in [6.45, 7) is 8.69. The van der Waals surface area contributed by atoms with E-state index in [4.69, 9.17) is 4.74 Å². The third-order valence-corrected chi connectivity index (χ3v) is 7.66. The van der Waals surface area contributed by atoms with E-state index in [0.29, 0.717) is 11.5 Å². The fraction of sp³-hybridized carbons (Fsp3) is 0.429. The van der Waals surface area contributed by atoms with E-state index >= 15 is 0 Å². The van der Waals surface area contributed by atoms with E-state index in [9.17, 15) is 14.7 Å². The van der Waals surface area contributed by atoms with Gasteiger partial charge in [-0.2, -0.15) is 0 Å². The van der Waals surface area contributed by atoms with E-state index in [1.165, 1.54) is 21.6 Å². The molecule has 0 radical (unpaired) electrons. The maximum absolute atomic E-state index is 13.5. The monoisotopic (exact) mass is 541 g/mol. The van der Waals surface area contributed by atoms with Crippen LogP contribution in [0.2, 0.25) is 0 Å². The molecule has 1 N–H and O–H groups in total. The summed E-state index contributed by atoms with van der Waals surface area (Å²) < 4.78 is 6.49. The Morgan fingerprint density at radius 1 is 0.950 bits per heavy atom. The van der Waals surface area contributed by atoms with Gasteiger partial charge in [0.1, 0.15) is 17.9 Å². The van der Waals surface area contributed by atoms with Crippen molar-refractivity contribution in [1.82, 2.24) is 4.90 Å². The average Bonchev–Trinajstić information content (AvgIpc) is 2.92. The SMILES string of the molecule is CCCCc1ccc(CN(CC(=O)O)C(=O)c2ccc3c(c2)CCC(C)(Cc2ccc(CC(C)C)cc2)O3)cc1. The Bertz CT molecular complexity index is 1300. The summed E-state index contributed by atoms with van der Waals surface area (Å²) in [6, 6.07) is 22.5. The first-order valence-electron chi connectivity index (χ1n) is 14.6. The normalized spacial score (nSPS) is 16.3. The lowest BCUT2D eigenvalue weighted by Crippen LogP contribution is -2.39. The molecule has 1 aliphatic heterocycles. The molecule has 0 bridgehead atoms. The molecule has 5 heteroatoms. The lowest BCUT2D eigenvalue weighted by molar-refractivity contribution is -0.137. The van der Waals surface area contributed by atoms with E-state index in [1.807, 2.05) is 24.3 Å². The van der Waals surface area contributed by atoms with Crippen molar-refractivity contribution in [3.05, 3.63) is 100 Å². The number of fused-ring (bicyclic) bond motifs is 1. The molecule has 40 heavy (non-hydrogen) atoms. The molecule has 1 unspecified atom stereocenters. The third-order valence-electron chi connectivity index (χ3n) is 7.66. The highest BCUT2D eigenvalue weighted by molar-refractivity contribution is 5.96. The minimum Gasteiger partial charge on any atom is -0.487 e. The number of carboxylic acid groups (broad SMARTS) is 1. The molecule has 0 saturated heterocycles. The minimum atomic E-state index is -1.03. The average molecular weight is 542 g/mol. The number of rotatable bonds is 12. The Morgan fingerprint density at radius 3 is 2.25 bits per heavy atom. The molecule has 0 aromatic heterocycles. The quantitative estimate of drug-likeness (QED) is 0.262. The number of carboxylic acids is 1. The Labute approximate surface area is 239 Å². The van der Waals surface area contributed by atoms with Gasteiger partial charge in [-0.05, 0) is 91.0 Å². The molecule has 0 saturated carbocycles. The number of amides is 1. The topological polar surface area (TPSA) is 66.8 Å². The fourth-order valence-corrected chi connectivity index (χ4v) is 5.50. The summed E-state index contributed by atoms with van der Waals surface area (Å²) in [5.74, 6) is 0.128. The molecule has 1 atom stereocenters. The van der Waals surface area contributed by atoms with Gasteiger partial charge in [-0.1, -0.05) is 75.7 Å². The van der Waals surface area contributed by atoms with Gasteiger partial charge in [-0.15, -0.1) is 0 Å². The van der Waals surface area contributed by atoms with Gasteiger partial charge in [0.2, 0.25) is 0 Å². The molecule has 0 aliphatic carbocycles. The number of carbonyl (C=O) groups is 2. The third kappa shape index (κ3) is 7.97. The van der Waals surface area contributed by atoms with Crippen LogP contribution in [0.25, 0.3) is 0 Å². The summed E-state index contributed by atoms with van der Waals surface area (Å²) in [4.78, 5) is 26.5. The number of hydrogen-bond acceptors (Lipinski definition) is 3. The van der Waals surface area contributed by atoms with Crippen molar-refractivity contribution in [3.8, 4) is 5.75 Å². The molecule has 0 fully saturated rings. The van der Waals surface area contributed by atoms with Crippen LogP contribution in [0.3, 0.4) is 0 Å². The molecule has 1 aliphatic rings. The molecule has 0 spiro atoms. The lowest BCUT2D eigenvalue weighted by Gasteiger charge is -2.36. The first kappa shape index (κ1) is 29.4. The predicted molar refractivity (Wildman–Crippen MR) is 160 cm³/mol. The smallest absolute Gasteiger partial charge is 0.323 e. The molecule has 1 amide bonds. The Kier molecular flexibility index (Phi) is 9.67. The number of nitrogens with zero attached hydrogens (tertiary/aromatic N) is 1.